The van der Waals surface area contributed by atoms with Gasteiger partial charge in [-0.1, -0.05) is 111 Å². The summed E-state index contributed by atoms with van der Waals surface area (Å²) in [5.74, 6) is 0. The van der Waals surface area contributed by atoms with Gasteiger partial charge in [0.25, 0.3) is 0 Å². The molecule has 0 aliphatic heterocycles. The summed E-state index contributed by atoms with van der Waals surface area (Å²) >= 11 is 0. The van der Waals surface area contributed by atoms with Crippen molar-refractivity contribution in [3.63, 3.8) is 0 Å². The predicted octanol–water partition coefficient (Wildman–Crippen LogP) is 10.1. The smallest absolute Gasteiger partial charge is 0.0117 e. The standard InChI is InChI=1S/C33H49P/c1-5-26-23-27(6-2)33(28(7-3)24-26)32-21-15-14-16-29(32)22-25(4)34(30-17-10-8-11-18-30)31-19-12-9-13-20-31/h14-16,21,23-25,30-31H,5-13,17-20,22H2,1-4H3. The molecule has 2 aliphatic carbocycles. The van der Waals surface area contributed by atoms with Crippen molar-refractivity contribution in [1.82, 2.24) is 0 Å². The fourth-order valence-electron chi connectivity index (χ4n) is 7.09. The molecular weight excluding hydrogens is 427 g/mol. The van der Waals surface area contributed by atoms with Gasteiger partial charge in [-0.3, -0.25) is 0 Å². The highest BCUT2D eigenvalue weighted by Crippen LogP contribution is 2.59. The van der Waals surface area contributed by atoms with Crippen LogP contribution in [0.3, 0.4) is 0 Å². The Hall–Kier alpha value is -1.13. The Kier molecular flexibility index (Phi) is 9.70. The van der Waals surface area contributed by atoms with Crippen molar-refractivity contribution in [3.8, 4) is 11.1 Å². The van der Waals surface area contributed by atoms with E-state index < -0.39 is 0 Å². The molecule has 1 unspecified atom stereocenters. The molecule has 2 aliphatic rings. The molecule has 4 rings (SSSR count). The van der Waals surface area contributed by atoms with E-state index >= 15 is 0 Å². The molecule has 1 heteroatoms. The zero-order chi connectivity index (χ0) is 23.9. The van der Waals surface area contributed by atoms with E-state index in [4.69, 9.17) is 0 Å². The number of hydrogen-bond acceptors (Lipinski definition) is 0. The molecule has 0 N–H and O–H groups in total. The summed E-state index contributed by atoms with van der Waals surface area (Å²) in [4.78, 5) is 0. The Bertz CT molecular complexity index is 858. The van der Waals surface area contributed by atoms with E-state index in [0.29, 0.717) is 0 Å². The molecule has 0 heterocycles. The summed E-state index contributed by atoms with van der Waals surface area (Å²) in [5.41, 5.74) is 12.2. The van der Waals surface area contributed by atoms with Crippen LogP contribution in [0, 0.1) is 0 Å². The Morgan fingerprint density at radius 3 is 1.74 bits per heavy atom. The molecule has 0 spiro atoms. The van der Waals surface area contributed by atoms with Crippen molar-refractivity contribution in [2.24, 2.45) is 0 Å². The van der Waals surface area contributed by atoms with Crippen LogP contribution in [0.4, 0.5) is 0 Å². The second-order valence-corrected chi connectivity index (χ2v) is 14.3. The van der Waals surface area contributed by atoms with Gasteiger partial charge in [0.05, 0.1) is 0 Å². The molecule has 0 aromatic heterocycles. The number of rotatable bonds is 9. The third-order valence-electron chi connectivity index (χ3n) is 8.84. The van der Waals surface area contributed by atoms with Gasteiger partial charge in [0.2, 0.25) is 0 Å². The van der Waals surface area contributed by atoms with Gasteiger partial charge in [-0.05, 0) is 102 Å². The van der Waals surface area contributed by atoms with E-state index in [0.717, 1.165) is 36.2 Å². The molecular formula is C33H49P. The summed E-state index contributed by atoms with van der Waals surface area (Å²) in [6, 6.07) is 14.5. The second-order valence-electron chi connectivity index (χ2n) is 11.1. The first-order chi connectivity index (χ1) is 16.7. The zero-order valence-corrected chi connectivity index (χ0v) is 23.4. The minimum Gasteiger partial charge on any atom is -0.0971 e. The third kappa shape index (κ3) is 5.98. The highest BCUT2D eigenvalue weighted by molar-refractivity contribution is 7.59. The SMILES string of the molecule is CCc1cc(CC)c(-c2ccccc2CC(C)P(C2CCCCC2)C2CCCCC2)c(CC)c1. The van der Waals surface area contributed by atoms with E-state index in [9.17, 15) is 0 Å². The Morgan fingerprint density at radius 1 is 0.706 bits per heavy atom. The number of hydrogen-bond donors (Lipinski definition) is 0. The molecule has 0 nitrogen and oxygen atoms in total. The normalized spacial score (nSPS) is 19.0. The second kappa shape index (κ2) is 12.7. The number of benzene rings is 2. The van der Waals surface area contributed by atoms with Gasteiger partial charge >= 0.3 is 0 Å². The summed E-state index contributed by atoms with van der Waals surface area (Å²) in [7, 11) is 0.106. The van der Waals surface area contributed by atoms with E-state index in [1.54, 1.807) is 22.3 Å². The van der Waals surface area contributed by atoms with Crippen LogP contribution in [0.5, 0.6) is 0 Å². The van der Waals surface area contributed by atoms with Gasteiger partial charge < -0.3 is 0 Å². The van der Waals surface area contributed by atoms with Crippen molar-refractivity contribution >= 4 is 7.92 Å². The molecule has 2 aromatic rings. The van der Waals surface area contributed by atoms with Gasteiger partial charge in [-0.25, -0.2) is 0 Å². The van der Waals surface area contributed by atoms with Crippen molar-refractivity contribution in [3.05, 3.63) is 58.7 Å². The van der Waals surface area contributed by atoms with Gasteiger partial charge in [0.1, 0.15) is 0 Å². The fraction of sp³-hybridized carbons (Fsp3) is 0.636. The van der Waals surface area contributed by atoms with Gasteiger partial charge in [-0.15, -0.1) is 0 Å². The first-order valence-electron chi connectivity index (χ1n) is 14.7. The van der Waals surface area contributed by atoms with Crippen LogP contribution in [0.1, 0.15) is 114 Å². The molecule has 0 saturated heterocycles. The summed E-state index contributed by atoms with van der Waals surface area (Å²) in [6.07, 6.45) is 19.6. The number of aryl methyl sites for hydroxylation is 3. The molecule has 34 heavy (non-hydrogen) atoms. The Balaban J connectivity index is 1.67. The minimum absolute atomic E-state index is 0.106. The Morgan fingerprint density at radius 2 is 1.24 bits per heavy atom. The molecule has 1 atom stereocenters. The first-order valence-corrected chi connectivity index (χ1v) is 16.2. The minimum atomic E-state index is 0.106. The van der Waals surface area contributed by atoms with Crippen molar-refractivity contribution in [1.29, 1.82) is 0 Å². The summed E-state index contributed by atoms with van der Waals surface area (Å²) < 4.78 is 0. The predicted molar refractivity (Wildman–Crippen MR) is 154 cm³/mol. The van der Waals surface area contributed by atoms with Gasteiger partial charge in [0, 0.05) is 0 Å². The van der Waals surface area contributed by atoms with Gasteiger partial charge in [-0.2, -0.15) is 0 Å². The Labute approximate surface area is 212 Å². The average molecular weight is 477 g/mol. The van der Waals surface area contributed by atoms with Crippen molar-refractivity contribution < 1.29 is 0 Å². The van der Waals surface area contributed by atoms with Crippen molar-refractivity contribution in [2.45, 2.75) is 135 Å². The molecule has 186 valence electrons. The maximum absolute atomic E-state index is 2.65. The largest absolute Gasteiger partial charge is 0.0971 e. The van der Waals surface area contributed by atoms with E-state index in [-0.39, 0.29) is 7.92 Å². The molecule has 0 amide bonds. The van der Waals surface area contributed by atoms with E-state index in [1.807, 2.05) is 0 Å². The van der Waals surface area contributed by atoms with Crippen LogP contribution < -0.4 is 0 Å². The monoisotopic (exact) mass is 476 g/mol. The lowest BCUT2D eigenvalue weighted by Gasteiger charge is -2.42. The van der Waals surface area contributed by atoms with Crippen LogP contribution in [0.25, 0.3) is 11.1 Å². The first kappa shape index (κ1) is 25.9. The van der Waals surface area contributed by atoms with E-state index in [1.165, 1.54) is 81.8 Å². The van der Waals surface area contributed by atoms with Crippen LogP contribution in [-0.2, 0) is 25.7 Å². The van der Waals surface area contributed by atoms with Crippen LogP contribution in [0.15, 0.2) is 36.4 Å². The molecule has 2 aromatic carbocycles. The lowest BCUT2D eigenvalue weighted by atomic mass is 9.86. The average Bonchev–Trinajstić information content (AvgIpc) is 2.89. The maximum atomic E-state index is 2.65. The summed E-state index contributed by atoms with van der Waals surface area (Å²) in [6.45, 7) is 9.62. The lowest BCUT2D eigenvalue weighted by Crippen LogP contribution is -2.26. The highest BCUT2D eigenvalue weighted by Gasteiger charge is 2.34. The highest BCUT2D eigenvalue weighted by atomic mass is 31.1. The summed E-state index contributed by atoms with van der Waals surface area (Å²) in [5, 5.41) is 0. The lowest BCUT2D eigenvalue weighted by molar-refractivity contribution is 0.481. The topological polar surface area (TPSA) is 0 Å². The molecule has 2 fully saturated rings. The molecule has 0 bridgehead atoms. The van der Waals surface area contributed by atoms with Crippen molar-refractivity contribution in [2.75, 3.05) is 0 Å². The van der Waals surface area contributed by atoms with Crippen LogP contribution in [0.2, 0.25) is 0 Å². The van der Waals surface area contributed by atoms with Crippen LogP contribution in [-0.4, -0.2) is 17.0 Å². The van der Waals surface area contributed by atoms with E-state index in [2.05, 4.69) is 64.1 Å². The van der Waals surface area contributed by atoms with Gasteiger partial charge in [0.15, 0.2) is 0 Å². The third-order valence-corrected chi connectivity index (χ3v) is 12.8. The quantitative estimate of drug-likeness (QED) is 0.316. The fourth-order valence-corrected chi connectivity index (χ4v) is 11.5. The molecule has 2 saturated carbocycles. The van der Waals surface area contributed by atoms with Crippen LogP contribution >= 0.6 is 7.92 Å². The maximum Gasteiger partial charge on any atom is -0.0117 e. The zero-order valence-electron chi connectivity index (χ0n) is 22.5. The molecule has 0 radical (unpaired) electrons.